The molecule has 0 fully saturated rings. The molecule has 0 saturated heterocycles. The van der Waals surface area contributed by atoms with Gasteiger partial charge in [-0.15, -0.1) is 0 Å². The van der Waals surface area contributed by atoms with E-state index in [1.165, 1.54) is 26.0 Å². The van der Waals surface area contributed by atoms with Crippen molar-refractivity contribution in [2.75, 3.05) is 0 Å². The number of alkyl halides is 1. The van der Waals surface area contributed by atoms with Gasteiger partial charge in [0.1, 0.15) is 5.75 Å². The molecule has 0 radical (unpaired) electrons. The molecule has 1 atom stereocenters. The van der Waals surface area contributed by atoms with Gasteiger partial charge >= 0.3 is 0 Å². The molecule has 0 amide bonds. The number of phenols is 1. The van der Waals surface area contributed by atoms with Crippen molar-refractivity contribution in [2.45, 2.75) is 25.6 Å². The van der Waals surface area contributed by atoms with E-state index in [9.17, 15) is 9.50 Å². The fourth-order valence-electron chi connectivity index (χ4n) is 1.32. The monoisotopic (exact) mass is 193 g/mol. The van der Waals surface area contributed by atoms with Crippen molar-refractivity contribution in [2.24, 2.45) is 0 Å². The maximum atomic E-state index is 13.6. The van der Waals surface area contributed by atoms with Crippen molar-refractivity contribution in [1.29, 1.82) is 0 Å². The second-order valence-corrected chi connectivity index (χ2v) is 3.69. The van der Waals surface area contributed by atoms with E-state index in [4.69, 9.17) is 6.57 Å². The Morgan fingerprint density at radius 3 is 2.57 bits per heavy atom. The van der Waals surface area contributed by atoms with Crippen LogP contribution in [0.1, 0.15) is 25.5 Å². The summed E-state index contributed by atoms with van der Waals surface area (Å²) in [6.07, 6.45) is 0. The second-order valence-electron chi connectivity index (χ2n) is 3.69. The zero-order chi connectivity index (χ0) is 10.8. The fourth-order valence-corrected chi connectivity index (χ4v) is 1.32. The predicted octanol–water partition coefficient (Wildman–Crippen LogP) is 3.10. The highest BCUT2D eigenvalue weighted by molar-refractivity contribution is 5.32. The smallest absolute Gasteiger partial charge is 0.281 e. The third-order valence-corrected chi connectivity index (χ3v) is 1.97. The van der Waals surface area contributed by atoms with Gasteiger partial charge in [0.05, 0.1) is 0 Å². The van der Waals surface area contributed by atoms with Gasteiger partial charge in [-0.05, 0) is 26.0 Å². The van der Waals surface area contributed by atoms with Crippen molar-refractivity contribution < 1.29 is 9.50 Å². The van der Waals surface area contributed by atoms with Gasteiger partial charge < -0.3 is 9.95 Å². The summed E-state index contributed by atoms with van der Waals surface area (Å²) in [5.74, 6) is 0.0559. The number of hydrogen-bond donors (Lipinski definition) is 1. The summed E-state index contributed by atoms with van der Waals surface area (Å²) >= 11 is 0. The highest BCUT2D eigenvalue weighted by Gasteiger charge is 2.36. The molecule has 0 saturated carbocycles. The van der Waals surface area contributed by atoms with Gasteiger partial charge in [-0.1, -0.05) is 12.1 Å². The van der Waals surface area contributed by atoms with Crippen molar-refractivity contribution in [3.8, 4) is 5.75 Å². The molecule has 0 spiro atoms. The minimum Gasteiger partial charge on any atom is -0.508 e. The Balaban J connectivity index is 3.09. The van der Waals surface area contributed by atoms with Gasteiger partial charge in [-0.2, -0.15) is 0 Å². The SMILES string of the molecule is [C-]#[N+]C(c1cccc(O)c1)C(C)(C)F. The summed E-state index contributed by atoms with van der Waals surface area (Å²) < 4.78 is 13.6. The summed E-state index contributed by atoms with van der Waals surface area (Å²) in [5.41, 5.74) is -1.09. The van der Waals surface area contributed by atoms with Gasteiger partial charge in [0, 0.05) is 5.56 Å². The topological polar surface area (TPSA) is 24.6 Å². The van der Waals surface area contributed by atoms with Gasteiger partial charge in [0.2, 0.25) is 0 Å². The van der Waals surface area contributed by atoms with Crippen molar-refractivity contribution in [3.05, 3.63) is 41.2 Å². The van der Waals surface area contributed by atoms with Crippen molar-refractivity contribution in [1.82, 2.24) is 0 Å². The standard InChI is InChI=1S/C11H12FNO/c1-11(2,12)10(13-3)8-5-4-6-9(14)7-8/h4-7,10,14H,1-2H3. The van der Waals surface area contributed by atoms with Crippen LogP contribution in [0.3, 0.4) is 0 Å². The highest BCUT2D eigenvalue weighted by atomic mass is 19.1. The molecule has 0 aliphatic carbocycles. The van der Waals surface area contributed by atoms with Crippen LogP contribution >= 0.6 is 0 Å². The molecule has 74 valence electrons. The third-order valence-electron chi connectivity index (χ3n) is 1.97. The zero-order valence-corrected chi connectivity index (χ0v) is 8.16. The molecule has 14 heavy (non-hydrogen) atoms. The van der Waals surface area contributed by atoms with Crippen molar-refractivity contribution in [3.63, 3.8) is 0 Å². The van der Waals surface area contributed by atoms with E-state index in [0.29, 0.717) is 5.56 Å². The lowest BCUT2D eigenvalue weighted by molar-refractivity contribution is 0.193. The summed E-state index contributed by atoms with van der Waals surface area (Å²) in [5, 5.41) is 9.20. The molecule has 0 heterocycles. The minimum absolute atomic E-state index is 0.0559. The lowest BCUT2D eigenvalue weighted by Crippen LogP contribution is -2.20. The summed E-state index contributed by atoms with van der Waals surface area (Å²) in [6, 6.07) is 5.30. The van der Waals surface area contributed by atoms with Crippen molar-refractivity contribution >= 4 is 0 Å². The lowest BCUT2D eigenvalue weighted by atomic mass is 9.94. The first kappa shape index (κ1) is 10.5. The van der Waals surface area contributed by atoms with Gasteiger partial charge in [0.15, 0.2) is 5.67 Å². The molecular weight excluding hydrogens is 181 g/mol. The zero-order valence-electron chi connectivity index (χ0n) is 8.16. The van der Waals surface area contributed by atoms with E-state index in [2.05, 4.69) is 4.85 Å². The van der Waals surface area contributed by atoms with Crippen LogP contribution in [-0.2, 0) is 0 Å². The van der Waals surface area contributed by atoms with Crippen LogP contribution in [-0.4, -0.2) is 10.8 Å². The van der Waals surface area contributed by atoms with E-state index in [1.54, 1.807) is 12.1 Å². The number of nitrogens with zero attached hydrogens (tertiary/aromatic N) is 1. The van der Waals surface area contributed by atoms with Crippen LogP contribution in [0.4, 0.5) is 4.39 Å². The first-order chi connectivity index (χ1) is 6.45. The number of phenolic OH excluding ortho intramolecular Hbond substituents is 1. The average Bonchev–Trinajstić information content (AvgIpc) is 2.02. The summed E-state index contributed by atoms with van der Waals surface area (Å²) in [6.45, 7) is 9.65. The first-order valence-electron chi connectivity index (χ1n) is 4.29. The Hall–Kier alpha value is -1.56. The highest BCUT2D eigenvalue weighted by Crippen LogP contribution is 2.33. The molecule has 0 bridgehead atoms. The van der Waals surface area contributed by atoms with Crippen LogP contribution in [0.2, 0.25) is 0 Å². The summed E-state index contributed by atoms with van der Waals surface area (Å²) in [4.78, 5) is 3.23. The molecule has 0 aromatic heterocycles. The van der Waals surface area contributed by atoms with Gasteiger partial charge in [0.25, 0.3) is 6.04 Å². The second kappa shape index (κ2) is 3.67. The predicted molar refractivity (Wildman–Crippen MR) is 52.6 cm³/mol. The molecule has 1 aromatic rings. The molecule has 2 nitrogen and oxygen atoms in total. The Morgan fingerprint density at radius 1 is 1.50 bits per heavy atom. The number of halogens is 1. The van der Waals surface area contributed by atoms with E-state index in [0.717, 1.165) is 0 Å². The number of rotatable bonds is 2. The largest absolute Gasteiger partial charge is 0.508 e. The summed E-state index contributed by atoms with van der Waals surface area (Å²) in [7, 11) is 0. The van der Waals surface area contributed by atoms with E-state index >= 15 is 0 Å². The van der Waals surface area contributed by atoms with Gasteiger partial charge in [-0.25, -0.2) is 11.0 Å². The Kier molecular flexibility index (Phi) is 2.76. The lowest BCUT2D eigenvalue weighted by Gasteiger charge is -2.16. The van der Waals surface area contributed by atoms with E-state index in [-0.39, 0.29) is 5.75 Å². The number of aromatic hydroxyl groups is 1. The maximum Gasteiger partial charge on any atom is 0.281 e. The van der Waals surface area contributed by atoms with Gasteiger partial charge in [-0.3, -0.25) is 0 Å². The molecular formula is C11H12FNO. The molecule has 3 heteroatoms. The number of hydrogen-bond acceptors (Lipinski definition) is 1. The van der Waals surface area contributed by atoms with Crippen LogP contribution in [0.15, 0.2) is 24.3 Å². The molecule has 1 aromatic carbocycles. The molecule has 1 rings (SSSR count). The Morgan fingerprint density at radius 2 is 2.14 bits per heavy atom. The molecule has 1 unspecified atom stereocenters. The molecule has 0 aliphatic heterocycles. The van der Waals surface area contributed by atoms with Crippen LogP contribution in [0.25, 0.3) is 4.85 Å². The van der Waals surface area contributed by atoms with Crippen LogP contribution in [0, 0.1) is 6.57 Å². The number of benzene rings is 1. The third kappa shape index (κ3) is 2.23. The maximum absolute atomic E-state index is 13.6. The van der Waals surface area contributed by atoms with Crippen LogP contribution in [0.5, 0.6) is 5.75 Å². The molecule has 1 N–H and O–H groups in total. The fraction of sp³-hybridized carbons (Fsp3) is 0.364. The molecule has 0 aliphatic rings. The first-order valence-corrected chi connectivity index (χ1v) is 4.29. The van der Waals surface area contributed by atoms with Crippen LogP contribution < -0.4 is 0 Å². The van der Waals surface area contributed by atoms with E-state index in [1.807, 2.05) is 0 Å². The van der Waals surface area contributed by atoms with E-state index < -0.39 is 11.7 Å². The Labute approximate surface area is 82.8 Å². The Bertz CT molecular complexity index is 362. The average molecular weight is 193 g/mol. The normalized spacial score (nSPS) is 13.3. The quantitative estimate of drug-likeness (QED) is 0.717. The minimum atomic E-state index is -1.60.